The molecule has 3 rings (SSSR count). The molecule has 4 nitrogen and oxygen atoms in total. The Bertz CT molecular complexity index is 750. The summed E-state index contributed by atoms with van der Waals surface area (Å²) >= 11 is 1.51. The van der Waals surface area contributed by atoms with Gasteiger partial charge in [0.2, 0.25) is 0 Å². The number of aromatic nitrogens is 2. The van der Waals surface area contributed by atoms with Crippen molar-refractivity contribution in [1.29, 1.82) is 0 Å². The molecule has 0 aliphatic carbocycles. The second kappa shape index (κ2) is 5.46. The van der Waals surface area contributed by atoms with Gasteiger partial charge < -0.3 is 10.3 Å². The smallest absolute Gasteiger partial charge is 0.261 e. The molecule has 0 saturated heterocycles. The Morgan fingerprint density at radius 1 is 1.40 bits per heavy atom. The number of carbonyl (C=O) groups is 1. The van der Waals surface area contributed by atoms with E-state index in [9.17, 15) is 4.79 Å². The van der Waals surface area contributed by atoms with Crippen LogP contribution in [0.25, 0.3) is 21.5 Å². The average Bonchev–Trinajstić information content (AvgIpc) is 3.12. The fourth-order valence-electron chi connectivity index (χ4n) is 2.11. The number of H-pyrrole nitrogens is 1. The standard InChI is InChI=1S/C15H15N3OS.H2/c1-2-7-18-15(19)13-4-3-12(20-13)10-5-8-16-14-11(10)6-9-17-14;/h3-6,8-9H,2,7H2,1H3,(H,16,17)(H,18,19);1H. The molecule has 3 aromatic heterocycles. The van der Waals surface area contributed by atoms with Gasteiger partial charge in [0.05, 0.1) is 4.88 Å². The second-order valence-electron chi connectivity index (χ2n) is 4.52. The third-order valence-electron chi connectivity index (χ3n) is 3.09. The molecule has 0 aromatic carbocycles. The SMILES string of the molecule is CCCNC(=O)c1ccc(-c2ccnc3[nH]ccc23)s1.[HH]. The van der Waals surface area contributed by atoms with E-state index in [0.29, 0.717) is 6.54 Å². The van der Waals surface area contributed by atoms with Crippen molar-refractivity contribution in [3.05, 3.63) is 41.5 Å². The minimum absolute atomic E-state index is 0. The summed E-state index contributed by atoms with van der Waals surface area (Å²) in [5.74, 6) is 0.00229. The molecule has 0 atom stereocenters. The topological polar surface area (TPSA) is 57.8 Å². The van der Waals surface area contributed by atoms with Crippen molar-refractivity contribution in [2.75, 3.05) is 6.54 Å². The zero-order chi connectivity index (χ0) is 13.9. The van der Waals surface area contributed by atoms with E-state index in [4.69, 9.17) is 0 Å². The summed E-state index contributed by atoms with van der Waals surface area (Å²) in [4.78, 5) is 21.2. The number of nitrogens with one attached hydrogen (secondary N) is 2. The van der Waals surface area contributed by atoms with E-state index < -0.39 is 0 Å². The number of hydrogen-bond acceptors (Lipinski definition) is 3. The van der Waals surface area contributed by atoms with E-state index in [1.54, 1.807) is 6.20 Å². The number of nitrogens with zero attached hydrogens (tertiary/aromatic N) is 1. The Hall–Kier alpha value is -2.14. The average molecular weight is 287 g/mol. The van der Waals surface area contributed by atoms with Crippen molar-refractivity contribution in [3.8, 4) is 10.4 Å². The lowest BCUT2D eigenvalue weighted by molar-refractivity contribution is 0.0957. The van der Waals surface area contributed by atoms with Crippen LogP contribution in [0.5, 0.6) is 0 Å². The summed E-state index contributed by atoms with van der Waals surface area (Å²) < 4.78 is 0. The van der Waals surface area contributed by atoms with Gasteiger partial charge in [-0.25, -0.2) is 4.98 Å². The molecule has 1 amide bonds. The normalized spacial score (nSPS) is 10.8. The van der Waals surface area contributed by atoms with Crippen LogP contribution in [0.1, 0.15) is 24.4 Å². The van der Waals surface area contributed by atoms with E-state index in [-0.39, 0.29) is 7.33 Å². The van der Waals surface area contributed by atoms with Crippen LogP contribution in [0.15, 0.2) is 36.7 Å². The summed E-state index contributed by atoms with van der Waals surface area (Å²) in [5.41, 5.74) is 1.98. The molecule has 0 saturated carbocycles. The third kappa shape index (κ3) is 2.32. The number of aromatic amines is 1. The minimum Gasteiger partial charge on any atom is -0.351 e. The van der Waals surface area contributed by atoms with E-state index in [1.165, 1.54) is 11.3 Å². The van der Waals surface area contributed by atoms with Crippen LogP contribution < -0.4 is 5.32 Å². The van der Waals surface area contributed by atoms with Gasteiger partial charge in [0, 0.05) is 36.2 Å². The summed E-state index contributed by atoms with van der Waals surface area (Å²) in [6.45, 7) is 2.75. The van der Waals surface area contributed by atoms with Gasteiger partial charge in [0.25, 0.3) is 5.91 Å². The van der Waals surface area contributed by atoms with Crippen molar-refractivity contribution >= 4 is 28.3 Å². The molecule has 3 heterocycles. The monoisotopic (exact) mass is 287 g/mol. The van der Waals surface area contributed by atoms with Gasteiger partial charge in [-0.3, -0.25) is 4.79 Å². The van der Waals surface area contributed by atoms with Crippen LogP contribution in [0.2, 0.25) is 0 Å². The molecule has 5 heteroatoms. The number of fused-ring (bicyclic) bond motifs is 1. The second-order valence-corrected chi connectivity index (χ2v) is 5.60. The van der Waals surface area contributed by atoms with Crippen LogP contribution in [0, 0.1) is 0 Å². The van der Waals surface area contributed by atoms with Crippen molar-refractivity contribution in [2.24, 2.45) is 0 Å². The molecule has 20 heavy (non-hydrogen) atoms. The zero-order valence-corrected chi connectivity index (χ0v) is 12.0. The Labute approximate surface area is 122 Å². The highest BCUT2D eigenvalue weighted by Gasteiger charge is 2.12. The molecule has 0 radical (unpaired) electrons. The first-order valence-corrected chi connectivity index (χ1v) is 7.41. The van der Waals surface area contributed by atoms with Gasteiger partial charge in [-0.05, 0) is 30.7 Å². The quantitative estimate of drug-likeness (QED) is 0.769. The predicted octanol–water partition coefficient (Wildman–Crippen LogP) is 3.68. The van der Waals surface area contributed by atoms with Crippen LogP contribution in [-0.4, -0.2) is 22.4 Å². The fourth-order valence-corrected chi connectivity index (χ4v) is 3.07. The molecule has 0 bridgehead atoms. The molecule has 104 valence electrons. The summed E-state index contributed by atoms with van der Waals surface area (Å²) in [5, 5.41) is 3.98. The van der Waals surface area contributed by atoms with Crippen LogP contribution in [-0.2, 0) is 0 Å². The van der Waals surface area contributed by atoms with Gasteiger partial charge in [-0.15, -0.1) is 11.3 Å². The molecule has 0 aliphatic heterocycles. The summed E-state index contributed by atoms with van der Waals surface area (Å²) in [6, 6.07) is 7.86. The molecule has 0 aliphatic rings. The lowest BCUT2D eigenvalue weighted by Crippen LogP contribution is -2.22. The van der Waals surface area contributed by atoms with E-state index in [1.807, 2.05) is 37.4 Å². The van der Waals surface area contributed by atoms with Gasteiger partial charge in [-0.1, -0.05) is 6.92 Å². The summed E-state index contributed by atoms with van der Waals surface area (Å²) in [6.07, 6.45) is 4.60. The van der Waals surface area contributed by atoms with E-state index in [2.05, 4.69) is 15.3 Å². The molecule has 0 fully saturated rings. The fraction of sp³-hybridized carbons (Fsp3) is 0.200. The Kier molecular flexibility index (Phi) is 3.52. The molecule has 2 N–H and O–H groups in total. The highest BCUT2D eigenvalue weighted by atomic mass is 32.1. The lowest BCUT2D eigenvalue weighted by atomic mass is 10.1. The summed E-state index contributed by atoms with van der Waals surface area (Å²) in [7, 11) is 0. The maximum absolute atomic E-state index is 11.9. The Balaban J connectivity index is 0.00000161. The van der Waals surface area contributed by atoms with Gasteiger partial charge >= 0.3 is 0 Å². The number of amides is 1. The number of rotatable bonds is 4. The van der Waals surface area contributed by atoms with Crippen LogP contribution in [0.3, 0.4) is 0 Å². The van der Waals surface area contributed by atoms with E-state index in [0.717, 1.165) is 32.8 Å². The van der Waals surface area contributed by atoms with Gasteiger partial charge in [0.1, 0.15) is 5.65 Å². The lowest BCUT2D eigenvalue weighted by Gasteiger charge is -2.00. The maximum atomic E-state index is 11.9. The van der Waals surface area contributed by atoms with Crippen LogP contribution in [0.4, 0.5) is 0 Å². The first-order chi connectivity index (χ1) is 9.79. The van der Waals surface area contributed by atoms with Crippen molar-refractivity contribution in [1.82, 2.24) is 15.3 Å². The molecule has 3 aromatic rings. The maximum Gasteiger partial charge on any atom is 0.261 e. The molecular formula is C15H17N3OS. The van der Waals surface area contributed by atoms with E-state index >= 15 is 0 Å². The Morgan fingerprint density at radius 2 is 2.30 bits per heavy atom. The van der Waals surface area contributed by atoms with Crippen LogP contribution >= 0.6 is 11.3 Å². The van der Waals surface area contributed by atoms with Crippen molar-refractivity contribution < 1.29 is 6.22 Å². The highest BCUT2D eigenvalue weighted by molar-refractivity contribution is 7.17. The third-order valence-corrected chi connectivity index (χ3v) is 4.21. The highest BCUT2D eigenvalue weighted by Crippen LogP contribution is 2.32. The number of thiophene rings is 1. The molecular weight excluding hydrogens is 270 g/mol. The first kappa shape index (κ1) is 12.9. The first-order valence-electron chi connectivity index (χ1n) is 6.60. The number of hydrogen-bond donors (Lipinski definition) is 2. The van der Waals surface area contributed by atoms with Crippen molar-refractivity contribution in [3.63, 3.8) is 0 Å². The number of pyridine rings is 1. The molecule has 0 spiro atoms. The van der Waals surface area contributed by atoms with Gasteiger partial charge in [-0.2, -0.15) is 0 Å². The molecule has 0 unspecified atom stereocenters. The van der Waals surface area contributed by atoms with Gasteiger partial charge in [0.15, 0.2) is 0 Å². The minimum atomic E-state index is 0. The predicted molar refractivity (Wildman–Crippen MR) is 84.1 cm³/mol. The Morgan fingerprint density at radius 3 is 3.15 bits per heavy atom. The zero-order valence-electron chi connectivity index (χ0n) is 11.1. The largest absolute Gasteiger partial charge is 0.351 e. The van der Waals surface area contributed by atoms with Crippen molar-refractivity contribution in [2.45, 2.75) is 13.3 Å². The number of carbonyl (C=O) groups excluding carboxylic acids is 1.